The van der Waals surface area contributed by atoms with Crippen molar-refractivity contribution in [2.45, 2.75) is 32.5 Å². The molecule has 4 rings (SSSR count). The van der Waals surface area contributed by atoms with Gasteiger partial charge < -0.3 is 19.7 Å². The summed E-state index contributed by atoms with van der Waals surface area (Å²) in [7, 11) is 3.01. The highest BCUT2D eigenvalue weighted by atomic mass is 19.4. The number of fused-ring (bicyclic) bond motifs is 1. The van der Waals surface area contributed by atoms with E-state index in [4.69, 9.17) is 9.47 Å². The number of rotatable bonds is 6. The third-order valence-electron chi connectivity index (χ3n) is 6.51. The zero-order valence-corrected chi connectivity index (χ0v) is 21.0. The van der Waals surface area contributed by atoms with Crippen molar-refractivity contribution in [2.24, 2.45) is 0 Å². The van der Waals surface area contributed by atoms with Crippen LogP contribution in [-0.4, -0.2) is 37.5 Å². The molecule has 1 N–H and O–H groups in total. The number of ether oxygens (including phenoxy) is 2. The highest BCUT2D eigenvalue weighted by molar-refractivity contribution is 5.98. The number of hydrogen-bond donors (Lipinski definition) is 1. The molecule has 0 radical (unpaired) electrons. The van der Waals surface area contributed by atoms with Gasteiger partial charge in [-0.2, -0.15) is 13.2 Å². The predicted octanol–water partition coefficient (Wildman–Crippen LogP) is 5.55. The van der Waals surface area contributed by atoms with Crippen LogP contribution in [0.2, 0.25) is 0 Å². The second-order valence-corrected chi connectivity index (χ2v) is 8.97. The Bertz CT molecular complexity index is 1390. The highest BCUT2D eigenvalue weighted by Gasteiger charge is 2.34. The van der Waals surface area contributed by atoms with Crippen molar-refractivity contribution < 1.29 is 36.6 Å². The van der Waals surface area contributed by atoms with E-state index in [1.165, 1.54) is 14.2 Å². The van der Waals surface area contributed by atoms with E-state index >= 15 is 0 Å². The third kappa shape index (κ3) is 5.58. The quantitative estimate of drug-likeness (QED) is 0.425. The number of methoxy groups -OCH3 is 2. The average Bonchev–Trinajstić information content (AvgIpc) is 2.88. The van der Waals surface area contributed by atoms with Crippen molar-refractivity contribution in [1.29, 1.82) is 0 Å². The van der Waals surface area contributed by atoms with Gasteiger partial charge >= 0.3 is 6.18 Å². The minimum absolute atomic E-state index is 0.126. The molecule has 0 aliphatic carbocycles. The molecule has 2 amide bonds. The summed E-state index contributed by atoms with van der Waals surface area (Å²) in [6.07, 6.45) is -4.62. The van der Waals surface area contributed by atoms with Crippen molar-refractivity contribution in [3.63, 3.8) is 0 Å². The van der Waals surface area contributed by atoms with Crippen LogP contribution in [0, 0.1) is 12.7 Å². The summed E-state index contributed by atoms with van der Waals surface area (Å²) in [5.41, 5.74) is 2.28. The monoisotopic (exact) mass is 530 g/mol. The lowest BCUT2D eigenvalue weighted by molar-refractivity contribution is -0.140. The van der Waals surface area contributed by atoms with Crippen LogP contribution in [0.3, 0.4) is 0 Å². The molecule has 1 aliphatic heterocycles. The number of nitrogens with zero attached hydrogens (tertiary/aromatic N) is 1. The number of carbonyl (C=O) groups is 2. The van der Waals surface area contributed by atoms with Crippen molar-refractivity contribution in [3.05, 3.63) is 87.7 Å². The van der Waals surface area contributed by atoms with Crippen LogP contribution in [0.1, 0.15) is 38.2 Å². The lowest BCUT2D eigenvalue weighted by Gasteiger charge is -2.31. The first-order valence-corrected chi connectivity index (χ1v) is 11.8. The van der Waals surface area contributed by atoms with Crippen molar-refractivity contribution in [2.75, 3.05) is 26.1 Å². The van der Waals surface area contributed by atoms with Crippen LogP contribution < -0.4 is 14.8 Å². The molecule has 0 spiro atoms. The van der Waals surface area contributed by atoms with Gasteiger partial charge in [0.1, 0.15) is 17.3 Å². The number of aryl methyl sites for hydroxylation is 1. The second kappa shape index (κ2) is 10.7. The number of halogens is 4. The van der Waals surface area contributed by atoms with E-state index in [-0.39, 0.29) is 17.9 Å². The first kappa shape index (κ1) is 27.0. The molecule has 0 bridgehead atoms. The largest absolute Gasteiger partial charge is 0.497 e. The normalized spacial score (nSPS) is 13.1. The van der Waals surface area contributed by atoms with E-state index in [0.717, 1.165) is 28.8 Å². The fraction of sp³-hybridized carbons (Fsp3) is 0.286. The molecule has 0 saturated carbocycles. The molecule has 0 saturated heterocycles. The van der Waals surface area contributed by atoms with E-state index in [0.29, 0.717) is 48.3 Å². The van der Waals surface area contributed by atoms with E-state index < -0.39 is 23.5 Å². The van der Waals surface area contributed by atoms with E-state index in [1.807, 2.05) is 19.1 Å². The summed E-state index contributed by atoms with van der Waals surface area (Å²) in [5, 5.41) is 2.84. The highest BCUT2D eigenvalue weighted by Crippen LogP contribution is 2.33. The first-order chi connectivity index (χ1) is 18.0. The molecule has 200 valence electrons. The van der Waals surface area contributed by atoms with Gasteiger partial charge in [-0.25, -0.2) is 4.39 Å². The first-order valence-electron chi connectivity index (χ1n) is 11.8. The van der Waals surface area contributed by atoms with Crippen molar-refractivity contribution >= 4 is 17.5 Å². The van der Waals surface area contributed by atoms with Crippen molar-refractivity contribution in [3.8, 4) is 11.5 Å². The van der Waals surface area contributed by atoms with Gasteiger partial charge in [-0.15, -0.1) is 0 Å². The molecule has 1 aliphatic rings. The number of anilines is 1. The summed E-state index contributed by atoms with van der Waals surface area (Å²) in [5.74, 6) is -1.14. The molecular formula is C28H26F4N2O4. The van der Waals surface area contributed by atoms with Crippen LogP contribution in [0.5, 0.6) is 11.5 Å². The maximum Gasteiger partial charge on any atom is 0.419 e. The van der Waals surface area contributed by atoms with Gasteiger partial charge in [-0.1, -0.05) is 18.2 Å². The van der Waals surface area contributed by atoms with E-state index in [2.05, 4.69) is 5.32 Å². The summed E-state index contributed by atoms with van der Waals surface area (Å²) in [6.45, 7) is 2.54. The predicted molar refractivity (Wildman–Crippen MR) is 133 cm³/mol. The molecule has 3 aromatic carbocycles. The topological polar surface area (TPSA) is 67.9 Å². The van der Waals surface area contributed by atoms with Crippen LogP contribution in [-0.2, 0) is 30.4 Å². The van der Waals surface area contributed by atoms with E-state index in [1.54, 1.807) is 23.1 Å². The number of amides is 2. The molecule has 1 heterocycles. The SMILES string of the molecule is COc1ccc(C(=O)N2CCc3c(ccc(C)c3NC(=O)Cc3ccc(C(F)(F)F)c(F)c3)C2)c(OC)c1. The van der Waals surface area contributed by atoms with Crippen LogP contribution in [0.15, 0.2) is 48.5 Å². The van der Waals surface area contributed by atoms with Gasteiger partial charge in [-0.3, -0.25) is 9.59 Å². The fourth-order valence-electron chi connectivity index (χ4n) is 4.53. The van der Waals surface area contributed by atoms with Gasteiger partial charge in [0.05, 0.1) is 31.8 Å². The Hall–Kier alpha value is -4.08. The molecule has 0 aromatic heterocycles. The Labute approximate surface area is 217 Å². The number of hydrogen-bond acceptors (Lipinski definition) is 4. The zero-order chi connectivity index (χ0) is 27.6. The Morgan fingerprint density at radius 3 is 2.45 bits per heavy atom. The van der Waals surface area contributed by atoms with Crippen molar-refractivity contribution in [1.82, 2.24) is 4.90 Å². The molecule has 0 unspecified atom stereocenters. The summed E-state index contributed by atoms with van der Waals surface area (Å²) >= 11 is 0. The summed E-state index contributed by atoms with van der Waals surface area (Å²) in [4.78, 5) is 27.7. The van der Waals surface area contributed by atoms with Crippen LogP contribution in [0.4, 0.5) is 23.2 Å². The molecule has 0 atom stereocenters. The number of nitrogens with one attached hydrogen (secondary N) is 1. The minimum atomic E-state index is -4.81. The lowest BCUT2D eigenvalue weighted by atomic mass is 9.94. The summed E-state index contributed by atoms with van der Waals surface area (Å²) < 4.78 is 63.0. The number of carbonyl (C=O) groups excluding carboxylic acids is 2. The lowest BCUT2D eigenvalue weighted by Crippen LogP contribution is -2.36. The molecule has 0 fully saturated rings. The maximum atomic E-state index is 13.9. The molecule has 6 nitrogen and oxygen atoms in total. The third-order valence-corrected chi connectivity index (χ3v) is 6.51. The average molecular weight is 531 g/mol. The van der Waals surface area contributed by atoms with Gasteiger partial charge in [0, 0.05) is 24.8 Å². The Balaban J connectivity index is 1.50. The Morgan fingerprint density at radius 1 is 1.03 bits per heavy atom. The fourth-order valence-corrected chi connectivity index (χ4v) is 4.53. The maximum absolute atomic E-state index is 13.9. The standard InChI is InChI=1S/C28H26F4N2O4/c1-16-4-6-18-15-34(27(36)21-8-7-19(37-2)14-24(21)38-3)11-10-20(18)26(16)33-25(35)13-17-5-9-22(23(29)12-17)28(30,31)32/h4-9,12,14H,10-11,13,15H2,1-3H3,(H,33,35). The van der Waals surface area contributed by atoms with Gasteiger partial charge in [0.25, 0.3) is 5.91 Å². The number of alkyl halides is 3. The molecular weight excluding hydrogens is 504 g/mol. The van der Waals surface area contributed by atoms with Crippen LogP contribution in [0.25, 0.3) is 0 Å². The van der Waals surface area contributed by atoms with Gasteiger partial charge in [-0.05, 0) is 59.9 Å². The molecule has 10 heteroatoms. The number of benzene rings is 3. The van der Waals surface area contributed by atoms with Gasteiger partial charge in [0.15, 0.2) is 0 Å². The smallest absolute Gasteiger partial charge is 0.419 e. The van der Waals surface area contributed by atoms with E-state index in [9.17, 15) is 27.2 Å². The molecule has 3 aromatic rings. The molecule has 38 heavy (non-hydrogen) atoms. The zero-order valence-electron chi connectivity index (χ0n) is 21.0. The summed E-state index contributed by atoms with van der Waals surface area (Å²) in [6, 6.07) is 11.2. The van der Waals surface area contributed by atoms with Crippen LogP contribution >= 0.6 is 0 Å². The van der Waals surface area contributed by atoms with Gasteiger partial charge in [0.2, 0.25) is 5.91 Å². The Morgan fingerprint density at radius 2 is 1.79 bits per heavy atom. The Kier molecular flexibility index (Phi) is 7.61. The minimum Gasteiger partial charge on any atom is -0.497 e. The second-order valence-electron chi connectivity index (χ2n) is 8.97.